The van der Waals surface area contributed by atoms with Crippen LogP contribution < -0.4 is 4.74 Å². The lowest BCUT2D eigenvalue weighted by Crippen LogP contribution is -2.06. The van der Waals surface area contributed by atoms with Gasteiger partial charge in [-0.3, -0.25) is 0 Å². The first-order valence-corrected chi connectivity index (χ1v) is 6.88. The van der Waals surface area contributed by atoms with Gasteiger partial charge in [-0.1, -0.05) is 42.3 Å². The molecule has 0 atom stereocenters. The summed E-state index contributed by atoms with van der Waals surface area (Å²) >= 11 is 0. The van der Waals surface area contributed by atoms with Crippen LogP contribution in [0.4, 0.5) is 0 Å². The zero-order valence-corrected chi connectivity index (χ0v) is 11.6. The van der Waals surface area contributed by atoms with Crippen molar-refractivity contribution in [3.63, 3.8) is 0 Å². The van der Waals surface area contributed by atoms with E-state index in [4.69, 9.17) is 20.6 Å². The van der Waals surface area contributed by atoms with E-state index in [0.29, 0.717) is 25.6 Å². The first kappa shape index (κ1) is 13.7. The van der Waals surface area contributed by atoms with Gasteiger partial charge < -0.3 is 14.2 Å². The van der Waals surface area contributed by atoms with Crippen molar-refractivity contribution in [2.24, 2.45) is 0 Å². The van der Waals surface area contributed by atoms with Crippen LogP contribution in [0, 0.1) is 12.3 Å². The molecule has 0 spiro atoms. The van der Waals surface area contributed by atoms with E-state index in [1.165, 1.54) is 0 Å². The molecule has 1 aliphatic heterocycles. The number of hydrogen-bond donors (Lipinski definition) is 0. The summed E-state index contributed by atoms with van der Waals surface area (Å²) in [5.74, 6) is 3.38. The number of benzene rings is 2. The lowest BCUT2D eigenvalue weighted by atomic mass is 10.1. The molecule has 3 rings (SSSR count). The van der Waals surface area contributed by atoms with Crippen LogP contribution in [-0.2, 0) is 16.1 Å². The number of rotatable bonds is 4. The zero-order chi connectivity index (χ0) is 14.5. The molecule has 0 amide bonds. The summed E-state index contributed by atoms with van der Waals surface area (Å²) in [6.45, 7) is 1.62. The number of ether oxygens (including phenoxy) is 3. The molecule has 3 nitrogen and oxygen atoms in total. The highest BCUT2D eigenvalue weighted by Crippen LogP contribution is 2.34. The average molecular weight is 280 g/mol. The Hall–Kier alpha value is -2.28. The lowest BCUT2D eigenvalue weighted by molar-refractivity contribution is -0.0460. The van der Waals surface area contributed by atoms with Crippen molar-refractivity contribution >= 4 is 0 Å². The monoisotopic (exact) mass is 280 g/mol. The minimum atomic E-state index is -0.442. The summed E-state index contributed by atoms with van der Waals surface area (Å²) in [5, 5.41) is 0. The smallest absolute Gasteiger partial charge is 0.188 e. The molecule has 0 aliphatic carbocycles. The maximum absolute atomic E-state index is 5.92. The molecule has 0 unspecified atom stereocenters. The first-order chi connectivity index (χ1) is 10.4. The van der Waals surface area contributed by atoms with Gasteiger partial charge in [0.1, 0.15) is 12.4 Å². The van der Waals surface area contributed by atoms with Crippen LogP contribution in [0.25, 0.3) is 0 Å². The Balaban J connectivity index is 1.85. The van der Waals surface area contributed by atoms with Crippen LogP contribution in [0.15, 0.2) is 48.5 Å². The summed E-state index contributed by atoms with van der Waals surface area (Å²) in [5.41, 5.74) is 2.64. The van der Waals surface area contributed by atoms with Gasteiger partial charge in [0.15, 0.2) is 6.29 Å². The van der Waals surface area contributed by atoms with Crippen molar-refractivity contribution in [1.82, 2.24) is 0 Å². The lowest BCUT2D eigenvalue weighted by Gasteiger charge is -2.17. The molecule has 0 aromatic heterocycles. The van der Waals surface area contributed by atoms with Gasteiger partial charge in [0.2, 0.25) is 0 Å². The fourth-order valence-electron chi connectivity index (χ4n) is 2.30. The third kappa shape index (κ3) is 3.08. The second-order valence-electron chi connectivity index (χ2n) is 4.71. The Morgan fingerprint density at radius 2 is 1.81 bits per heavy atom. The molecule has 0 radical (unpaired) electrons. The van der Waals surface area contributed by atoms with E-state index >= 15 is 0 Å². The molecule has 1 saturated heterocycles. The highest BCUT2D eigenvalue weighted by molar-refractivity contribution is 5.49. The van der Waals surface area contributed by atoms with Gasteiger partial charge in [0, 0.05) is 5.56 Å². The summed E-state index contributed by atoms with van der Waals surface area (Å²) in [7, 11) is 0. The van der Waals surface area contributed by atoms with E-state index in [1.807, 2.05) is 48.5 Å². The minimum Gasteiger partial charge on any atom is -0.488 e. The molecule has 2 aromatic carbocycles. The second-order valence-corrected chi connectivity index (χ2v) is 4.71. The fourth-order valence-corrected chi connectivity index (χ4v) is 2.30. The molecule has 21 heavy (non-hydrogen) atoms. The van der Waals surface area contributed by atoms with Crippen LogP contribution in [0.2, 0.25) is 0 Å². The second kappa shape index (κ2) is 6.45. The van der Waals surface area contributed by atoms with Crippen molar-refractivity contribution in [3.05, 3.63) is 65.2 Å². The van der Waals surface area contributed by atoms with E-state index in [9.17, 15) is 0 Å². The van der Waals surface area contributed by atoms with Crippen molar-refractivity contribution < 1.29 is 14.2 Å². The number of terminal acetylenes is 1. The Morgan fingerprint density at radius 3 is 2.52 bits per heavy atom. The molecule has 0 bridgehead atoms. The summed E-state index contributed by atoms with van der Waals surface area (Å²) in [4.78, 5) is 0. The Labute approximate surface area is 124 Å². The topological polar surface area (TPSA) is 27.7 Å². The third-order valence-electron chi connectivity index (χ3n) is 3.32. The van der Waals surface area contributed by atoms with Crippen LogP contribution in [0.3, 0.4) is 0 Å². The van der Waals surface area contributed by atoms with Gasteiger partial charge in [0.25, 0.3) is 0 Å². The largest absolute Gasteiger partial charge is 0.488 e. The van der Waals surface area contributed by atoms with Crippen LogP contribution in [0.1, 0.15) is 23.0 Å². The van der Waals surface area contributed by atoms with Gasteiger partial charge in [-0.15, -0.1) is 6.42 Å². The molecule has 3 heteroatoms. The SMILES string of the molecule is C#Cc1cccc(OCc2ccccc2)c1C1OCCO1. The normalized spacial score (nSPS) is 14.8. The predicted molar refractivity (Wildman–Crippen MR) is 79.8 cm³/mol. The Morgan fingerprint density at radius 1 is 1.05 bits per heavy atom. The molecule has 1 heterocycles. The highest BCUT2D eigenvalue weighted by atomic mass is 16.7. The summed E-state index contributed by atoms with van der Waals surface area (Å²) < 4.78 is 17.1. The molecule has 0 saturated carbocycles. The molecule has 1 fully saturated rings. The van der Waals surface area contributed by atoms with Crippen LogP contribution in [0.5, 0.6) is 5.75 Å². The van der Waals surface area contributed by atoms with E-state index < -0.39 is 6.29 Å². The standard InChI is InChI=1S/C18H16O3/c1-2-15-9-6-10-16(17(15)18-19-11-12-20-18)21-13-14-7-4-3-5-8-14/h1,3-10,18H,11-13H2. The van der Waals surface area contributed by atoms with Crippen molar-refractivity contribution in [1.29, 1.82) is 0 Å². The highest BCUT2D eigenvalue weighted by Gasteiger charge is 2.25. The predicted octanol–water partition coefficient (Wildman–Crippen LogP) is 3.29. The zero-order valence-electron chi connectivity index (χ0n) is 11.6. The van der Waals surface area contributed by atoms with Gasteiger partial charge in [-0.25, -0.2) is 0 Å². The van der Waals surface area contributed by atoms with Crippen molar-refractivity contribution in [3.8, 4) is 18.1 Å². The van der Waals surface area contributed by atoms with E-state index in [-0.39, 0.29) is 0 Å². The quantitative estimate of drug-likeness (QED) is 0.804. The van der Waals surface area contributed by atoms with Gasteiger partial charge >= 0.3 is 0 Å². The Bertz CT molecular complexity index is 637. The molecule has 106 valence electrons. The van der Waals surface area contributed by atoms with Crippen LogP contribution >= 0.6 is 0 Å². The maximum Gasteiger partial charge on any atom is 0.188 e. The first-order valence-electron chi connectivity index (χ1n) is 6.88. The van der Waals surface area contributed by atoms with Crippen LogP contribution in [-0.4, -0.2) is 13.2 Å². The summed E-state index contributed by atoms with van der Waals surface area (Å²) in [6, 6.07) is 15.6. The van der Waals surface area contributed by atoms with E-state index in [1.54, 1.807) is 0 Å². The van der Waals surface area contributed by atoms with E-state index in [0.717, 1.165) is 16.7 Å². The van der Waals surface area contributed by atoms with Crippen molar-refractivity contribution in [2.45, 2.75) is 12.9 Å². The molecule has 2 aromatic rings. The Kier molecular flexibility index (Phi) is 4.20. The maximum atomic E-state index is 5.92. The molecule has 1 aliphatic rings. The average Bonchev–Trinajstić information content (AvgIpc) is 3.07. The van der Waals surface area contributed by atoms with Gasteiger partial charge in [-0.2, -0.15) is 0 Å². The van der Waals surface area contributed by atoms with Gasteiger partial charge in [-0.05, 0) is 17.7 Å². The summed E-state index contributed by atoms with van der Waals surface area (Å²) in [6.07, 6.45) is 5.14. The minimum absolute atomic E-state index is 0.442. The fraction of sp³-hybridized carbons (Fsp3) is 0.222. The molecular formula is C18H16O3. The molecular weight excluding hydrogens is 264 g/mol. The molecule has 0 N–H and O–H groups in total. The van der Waals surface area contributed by atoms with Crippen molar-refractivity contribution in [2.75, 3.05) is 13.2 Å². The number of hydrogen-bond acceptors (Lipinski definition) is 3. The van der Waals surface area contributed by atoms with E-state index in [2.05, 4.69) is 5.92 Å². The third-order valence-corrected chi connectivity index (χ3v) is 3.32. The van der Waals surface area contributed by atoms with Gasteiger partial charge in [0.05, 0.1) is 18.8 Å².